The molecular formula is C13H23NO3. The number of hydrogen-bond donors (Lipinski definition) is 2. The normalized spacial score (nSPS) is 20.9. The van der Waals surface area contributed by atoms with Gasteiger partial charge in [-0.15, -0.1) is 0 Å². The van der Waals surface area contributed by atoms with Gasteiger partial charge in [0, 0.05) is 5.41 Å². The van der Waals surface area contributed by atoms with Crippen molar-refractivity contribution in [3.63, 3.8) is 0 Å². The van der Waals surface area contributed by atoms with Gasteiger partial charge in [-0.2, -0.15) is 0 Å². The Morgan fingerprint density at radius 2 is 1.71 bits per heavy atom. The minimum Gasteiger partial charge on any atom is -0.480 e. The van der Waals surface area contributed by atoms with Gasteiger partial charge in [0.15, 0.2) is 0 Å². The fourth-order valence-electron chi connectivity index (χ4n) is 2.39. The first kappa shape index (κ1) is 14.0. The topological polar surface area (TPSA) is 66.4 Å². The molecule has 1 rings (SSSR count). The number of carboxylic acid groups (broad SMARTS) is 1. The number of nitrogens with one attached hydrogen (secondary N) is 1. The molecule has 17 heavy (non-hydrogen) atoms. The van der Waals surface area contributed by atoms with Gasteiger partial charge in [-0.25, -0.2) is 4.79 Å². The van der Waals surface area contributed by atoms with E-state index in [1.165, 1.54) is 6.42 Å². The second kappa shape index (κ2) is 5.52. The van der Waals surface area contributed by atoms with Crippen molar-refractivity contribution in [1.29, 1.82) is 0 Å². The van der Waals surface area contributed by atoms with E-state index in [4.69, 9.17) is 5.11 Å². The van der Waals surface area contributed by atoms with Gasteiger partial charge < -0.3 is 10.4 Å². The third-order valence-electron chi connectivity index (χ3n) is 3.72. The van der Waals surface area contributed by atoms with Crippen molar-refractivity contribution in [3.8, 4) is 0 Å². The molecule has 0 aliphatic heterocycles. The van der Waals surface area contributed by atoms with Crippen LogP contribution < -0.4 is 5.32 Å². The van der Waals surface area contributed by atoms with E-state index in [0.717, 1.165) is 25.7 Å². The Balaban J connectivity index is 2.66. The van der Waals surface area contributed by atoms with Gasteiger partial charge in [0.25, 0.3) is 0 Å². The lowest BCUT2D eigenvalue weighted by Crippen LogP contribution is -2.50. The highest BCUT2D eigenvalue weighted by molar-refractivity contribution is 5.87. The molecule has 1 fully saturated rings. The van der Waals surface area contributed by atoms with Crippen molar-refractivity contribution in [1.82, 2.24) is 5.32 Å². The van der Waals surface area contributed by atoms with E-state index in [-0.39, 0.29) is 17.2 Å². The molecule has 0 spiro atoms. The summed E-state index contributed by atoms with van der Waals surface area (Å²) in [7, 11) is 0. The highest BCUT2D eigenvalue weighted by Gasteiger charge is 2.37. The van der Waals surface area contributed by atoms with Crippen LogP contribution in [0.2, 0.25) is 0 Å². The zero-order valence-electron chi connectivity index (χ0n) is 11.0. The van der Waals surface area contributed by atoms with Crippen LogP contribution in [0.25, 0.3) is 0 Å². The molecule has 0 aromatic heterocycles. The van der Waals surface area contributed by atoms with E-state index in [1.807, 2.05) is 20.8 Å². The van der Waals surface area contributed by atoms with Crippen molar-refractivity contribution >= 4 is 11.9 Å². The summed E-state index contributed by atoms with van der Waals surface area (Å²) >= 11 is 0. The van der Waals surface area contributed by atoms with Crippen molar-refractivity contribution in [2.45, 2.75) is 58.9 Å². The maximum Gasteiger partial charge on any atom is 0.326 e. The molecule has 1 atom stereocenters. The number of carboxylic acids is 1. The zero-order valence-corrected chi connectivity index (χ0v) is 11.0. The Labute approximate surface area is 103 Å². The van der Waals surface area contributed by atoms with Gasteiger partial charge in [-0.05, 0) is 18.8 Å². The van der Waals surface area contributed by atoms with Crippen LogP contribution in [0.1, 0.15) is 52.9 Å². The second-order valence-electron chi connectivity index (χ2n) is 5.65. The van der Waals surface area contributed by atoms with Gasteiger partial charge in [0.2, 0.25) is 5.91 Å². The standard InChI is InChI=1S/C13H23NO3/c1-9(2)10(11(15)16)14-12(17)13(3)7-5-4-6-8-13/h9-10H,4-8H2,1-3H3,(H,14,17)(H,15,16). The predicted octanol–water partition coefficient (Wildman–Crippen LogP) is 2.18. The lowest BCUT2D eigenvalue weighted by molar-refractivity contribution is -0.145. The minimum atomic E-state index is -0.951. The largest absolute Gasteiger partial charge is 0.480 e. The minimum absolute atomic E-state index is 0.0939. The highest BCUT2D eigenvalue weighted by atomic mass is 16.4. The van der Waals surface area contributed by atoms with Gasteiger partial charge in [0.1, 0.15) is 6.04 Å². The Morgan fingerprint density at radius 3 is 2.12 bits per heavy atom. The summed E-state index contributed by atoms with van der Waals surface area (Å²) in [5, 5.41) is 11.7. The number of aliphatic carboxylic acids is 1. The number of hydrogen-bond acceptors (Lipinski definition) is 2. The molecule has 0 heterocycles. The van der Waals surface area contributed by atoms with Gasteiger partial charge in [-0.3, -0.25) is 4.79 Å². The van der Waals surface area contributed by atoms with Gasteiger partial charge >= 0.3 is 5.97 Å². The van der Waals surface area contributed by atoms with Crippen LogP contribution in [-0.4, -0.2) is 23.0 Å². The summed E-state index contributed by atoms with van der Waals surface area (Å²) in [5.74, 6) is -1.14. The first-order valence-corrected chi connectivity index (χ1v) is 6.40. The molecule has 1 aliphatic carbocycles. The molecule has 98 valence electrons. The fourth-order valence-corrected chi connectivity index (χ4v) is 2.39. The van der Waals surface area contributed by atoms with Crippen molar-refractivity contribution in [3.05, 3.63) is 0 Å². The Morgan fingerprint density at radius 1 is 1.18 bits per heavy atom. The Hall–Kier alpha value is -1.06. The van der Waals surface area contributed by atoms with Crippen LogP contribution in [0.3, 0.4) is 0 Å². The van der Waals surface area contributed by atoms with Gasteiger partial charge in [0.05, 0.1) is 0 Å². The maximum atomic E-state index is 12.2. The SMILES string of the molecule is CC(C)C(NC(=O)C1(C)CCCCC1)C(=O)O. The molecule has 0 saturated heterocycles. The van der Waals surface area contributed by atoms with Crippen LogP contribution in [0.15, 0.2) is 0 Å². The summed E-state index contributed by atoms with van der Waals surface area (Å²) < 4.78 is 0. The molecule has 1 amide bonds. The first-order valence-electron chi connectivity index (χ1n) is 6.40. The third-order valence-corrected chi connectivity index (χ3v) is 3.72. The summed E-state index contributed by atoms with van der Waals surface area (Å²) in [6.07, 6.45) is 5.02. The molecule has 1 saturated carbocycles. The number of carbonyl (C=O) groups excluding carboxylic acids is 1. The highest BCUT2D eigenvalue weighted by Crippen LogP contribution is 2.36. The molecule has 2 N–H and O–H groups in total. The quantitative estimate of drug-likeness (QED) is 0.792. The molecule has 4 nitrogen and oxygen atoms in total. The van der Waals surface area contributed by atoms with Crippen LogP contribution >= 0.6 is 0 Å². The number of amides is 1. The summed E-state index contributed by atoms with van der Waals surface area (Å²) in [4.78, 5) is 23.2. The lowest BCUT2D eigenvalue weighted by atomic mass is 9.75. The van der Waals surface area contributed by atoms with E-state index >= 15 is 0 Å². The van der Waals surface area contributed by atoms with Crippen molar-refractivity contribution < 1.29 is 14.7 Å². The molecule has 0 radical (unpaired) electrons. The molecule has 0 aromatic rings. The van der Waals surface area contributed by atoms with Gasteiger partial charge in [-0.1, -0.05) is 40.0 Å². The zero-order chi connectivity index (χ0) is 13.1. The average molecular weight is 241 g/mol. The van der Waals surface area contributed by atoms with Crippen molar-refractivity contribution in [2.75, 3.05) is 0 Å². The summed E-state index contributed by atoms with van der Waals surface area (Å²) in [5.41, 5.74) is -0.374. The monoisotopic (exact) mass is 241 g/mol. The van der Waals surface area contributed by atoms with E-state index in [9.17, 15) is 9.59 Å². The lowest BCUT2D eigenvalue weighted by Gasteiger charge is -2.33. The third kappa shape index (κ3) is 3.45. The first-order chi connectivity index (χ1) is 7.87. The van der Waals surface area contributed by atoms with Crippen LogP contribution in [0.4, 0.5) is 0 Å². The van der Waals surface area contributed by atoms with Crippen LogP contribution in [-0.2, 0) is 9.59 Å². The molecule has 0 aromatic carbocycles. The van der Waals surface area contributed by atoms with Crippen LogP contribution in [0.5, 0.6) is 0 Å². The van der Waals surface area contributed by atoms with Crippen LogP contribution in [0, 0.1) is 11.3 Å². The predicted molar refractivity (Wildman–Crippen MR) is 65.6 cm³/mol. The Kier molecular flexibility index (Phi) is 4.54. The second-order valence-corrected chi connectivity index (χ2v) is 5.65. The van der Waals surface area contributed by atoms with E-state index in [0.29, 0.717) is 0 Å². The number of carbonyl (C=O) groups is 2. The smallest absolute Gasteiger partial charge is 0.326 e. The van der Waals surface area contributed by atoms with E-state index < -0.39 is 12.0 Å². The molecule has 0 bridgehead atoms. The summed E-state index contributed by atoms with van der Waals surface area (Å²) in [6.45, 7) is 5.56. The van der Waals surface area contributed by atoms with Crippen molar-refractivity contribution in [2.24, 2.45) is 11.3 Å². The fraction of sp³-hybridized carbons (Fsp3) is 0.846. The maximum absolute atomic E-state index is 12.2. The summed E-state index contributed by atoms with van der Waals surface area (Å²) in [6, 6.07) is -0.777. The van der Waals surface area contributed by atoms with E-state index in [2.05, 4.69) is 5.32 Å². The average Bonchev–Trinajstić information content (AvgIpc) is 2.25. The molecule has 4 heteroatoms. The molecule has 1 aliphatic rings. The number of rotatable bonds is 4. The molecular weight excluding hydrogens is 218 g/mol. The van der Waals surface area contributed by atoms with E-state index in [1.54, 1.807) is 0 Å². The molecule has 1 unspecified atom stereocenters. The Bertz CT molecular complexity index is 293.